The monoisotopic (exact) mass is 619 g/mol. The second-order valence-corrected chi connectivity index (χ2v) is 10.0. The minimum Gasteiger partial charge on any atom is -0.478 e. The van der Waals surface area contributed by atoms with Gasteiger partial charge in [-0.1, -0.05) is 18.2 Å². The number of halogens is 1. The molecule has 0 bridgehead atoms. The molecule has 2 heterocycles. The van der Waals surface area contributed by atoms with E-state index in [2.05, 4.69) is 26.1 Å². The van der Waals surface area contributed by atoms with Gasteiger partial charge in [-0.3, -0.25) is 19.2 Å². The van der Waals surface area contributed by atoms with Gasteiger partial charge in [0.2, 0.25) is 0 Å². The van der Waals surface area contributed by atoms with Crippen molar-refractivity contribution in [2.45, 2.75) is 26.6 Å². The number of aromatic carboxylic acids is 1. The van der Waals surface area contributed by atoms with Crippen molar-refractivity contribution in [3.63, 3.8) is 0 Å². The quantitative estimate of drug-likeness (QED) is 0.112. The molecule has 2 amide bonds. The highest BCUT2D eigenvalue weighted by molar-refractivity contribution is 7.71. The number of rotatable bonds is 10. The molecule has 0 aliphatic carbocycles. The first-order valence-electron chi connectivity index (χ1n) is 12.8. The zero-order valence-corrected chi connectivity index (χ0v) is 23.6. The van der Waals surface area contributed by atoms with E-state index in [0.717, 1.165) is 4.40 Å². The Balaban J connectivity index is 1.30. The SMILES string of the molecule is Cc1cc(CNC(=O)c2cc(C(=O)NCc3ccc(F)c(CNc4c(N)c(=O)c4=O)c3)nc3noc(=S)n23)ccc1C(=O)O. The van der Waals surface area contributed by atoms with Gasteiger partial charge in [0, 0.05) is 25.2 Å². The van der Waals surface area contributed by atoms with Gasteiger partial charge in [-0.25, -0.2) is 18.6 Å². The normalized spacial score (nSPS) is 11.0. The molecule has 2 aromatic heterocycles. The Morgan fingerprint density at radius 3 is 2.36 bits per heavy atom. The summed E-state index contributed by atoms with van der Waals surface area (Å²) in [4.78, 5) is 64.3. The first-order valence-corrected chi connectivity index (χ1v) is 13.2. The van der Waals surface area contributed by atoms with Crippen molar-refractivity contribution in [2.24, 2.45) is 0 Å². The number of carboxylic acids is 1. The molecule has 5 rings (SSSR count). The van der Waals surface area contributed by atoms with Crippen LogP contribution < -0.4 is 32.5 Å². The standard InChI is InChI=1S/C28H22FN7O7S/c1-12-6-13(2-4-16(12)26(41)42)9-33-25(40)19-8-18(34-27-35-43-28(44)36(19)27)24(39)32-10-14-3-5-17(29)15(7-14)11-31-21-20(30)22(37)23(21)38/h2-8,31H,9-11,30H2,1H3,(H,32,39)(H,33,40)(H,41,42). The number of benzene rings is 2. The number of carboxylic acid groups (broad SMARTS) is 1. The smallest absolute Gasteiger partial charge is 0.335 e. The maximum absolute atomic E-state index is 14.4. The molecule has 0 fully saturated rings. The van der Waals surface area contributed by atoms with E-state index in [-0.39, 0.29) is 64.1 Å². The molecule has 0 saturated heterocycles. The number of hydrogen-bond donors (Lipinski definition) is 5. The van der Waals surface area contributed by atoms with Crippen molar-refractivity contribution in [3.8, 4) is 0 Å². The Bertz CT molecular complexity index is 2110. The molecule has 0 atom stereocenters. The summed E-state index contributed by atoms with van der Waals surface area (Å²) in [6, 6.07) is 9.94. The summed E-state index contributed by atoms with van der Waals surface area (Å²) in [5, 5.41) is 20.9. The number of anilines is 2. The van der Waals surface area contributed by atoms with Crippen molar-refractivity contribution >= 4 is 47.2 Å². The van der Waals surface area contributed by atoms with Crippen LogP contribution in [0.2, 0.25) is 0 Å². The Morgan fingerprint density at radius 1 is 1.00 bits per heavy atom. The second kappa shape index (κ2) is 11.8. The van der Waals surface area contributed by atoms with E-state index >= 15 is 0 Å². The van der Waals surface area contributed by atoms with Crippen molar-refractivity contribution in [2.75, 3.05) is 11.1 Å². The lowest BCUT2D eigenvalue weighted by atomic mass is 10.1. The van der Waals surface area contributed by atoms with Gasteiger partial charge in [0.05, 0.1) is 5.56 Å². The summed E-state index contributed by atoms with van der Waals surface area (Å²) >= 11 is 5.12. The van der Waals surface area contributed by atoms with Crippen LogP contribution in [0.3, 0.4) is 0 Å². The topological polar surface area (TPSA) is 211 Å². The Hall–Kier alpha value is -5.77. The average molecular weight is 620 g/mol. The van der Waals surface area contributed by atoms with Gasteiger partial charge in [-0.15, -0.1) is 0 Å². The summed E-state index contributed by atoms with van der Waals surface area (Å²) in [5.41, 5.74) is 5.32. The Labute approximate surface area is 251 Å². The molecule has 224 valence electrons. The fourth-order valence-electron chi connectivity index (χ4n) is 4.40. The summed E-state index contributed by atoms with van der Waals surface area (Å²) in [6.07, 6.45) is 0. The van der Waals surface area contributed by atoms with Crippen molar-refractivity contribution in [1.82, 2.24) is 25.2 Å². The largest absolute Gasteiger partial charge is 0.478 e. The molecule has 44 heavy (non-hydrogen) atoms. The maximum Gasteiger partial charge on any atom is 0.335 e. The maximum atomic E-state index is 14.4. The predicted octanol–water partition coefficient (Wildman–Crippen LogP) is 1.85. The molecular weight excluding hydrogens is 597 g/mol. The van der Waals surface area contributed by atoms with Gasteiger partial charge in [0.25, 0.3) is 28.4 Å². The van der Waals surface area contributed by atoms with E-state index in [1.54, 1.807) is 19.1 Å². The number of amides is 2. The van der Waals surface area contributed by atoms with Crippen LogP contribution in [0.5, 0.6) is 0 Å². The lowest BCUT2D eigenvalue weighted by Crippen LogP contribution is -2.37. The lowest BCUT2D eigenvalue weighted by molar-refractivity contribution is 0.0695. The van der Waals surface area contributed by atoms with Gasteiger partial charge in [-0.2, -0.15) is 0 Å². The molecular formula is C28H22FN7O7S. The Morgan fingerprint density at radius 2 is 1.68 bits per heavy atom. The van der Waals surface area contributed by atoms with Gasteiger partial charge >= 0.3 is 10.8 Å². The highest BCUT2D eigenvalue weighted by atomic mass is 32.1. The van der Waals surface area contributed by atoms with Gasteiger partial charge in [0.15, 0.2) is 0 Å². The molecule has 0 spiro atoms. The molecule has 0 unspecified atom stereocenters. The van der Waals surface area contributed by atoms with Crippen LogP contribution in [0, 0.1) is 17.6 Å². The molecule has 14 nitrogen and oxygen atoms in total. The fraction of sp³-hybridized carbons (Fsp3) is 0.143. The minimum absolute atomic E-state index is 0.0413. The molecule has 0 aliphatic rings. The first-order chi connectivity index (χ1) is 20.9. The number of nitrogens with one attached hydrogen (secondary N) is 3. The molecule has 0 radical (unpaired) electrons. The van der Waals surface area contributed by atoms with Gasteiger partial charge in [0.1, 0.15) is 28.6 Å². The van der Waals surface area contributed by atoms with Crippen molar-refractivity contribution < 1.29 is 28.4 Å². The van der Waals surface area contributed by atoms with Crippen LogP contribution in [0.15, 0.2) is 56.6 Å². The molecule has 16 heteroatoms. The van der Waals surface area contributed by atoms with Gasteiger partial charge in [-0.05, 0) is 65.3 Å². The number of aromatic nitrogens is 3. The summed E-state index contributed by atoms with van der Waals surface area (Å²) < 4.78 is 20.5. The number of hydrogen-bond acceptors (Lipinski definition) is 11. The van der Waals surface area contributed by atoms with Crippen molar-refractivity contribution in [1.29, 1.82) is 0 Å². The molecule has 0 aliphatic heterocycles. The highest BCUT2D eigenvalue weighted by Crippen LogP contribution is 2.16. The fourth-order valence-corrected chi connectivity index (χ4v) is 4.62. The van der Waals surface area contributed by atoms with Crippen LogP contribution in [-0.4, -0.2) is 37.4 Å². The lowest BCUT2D eigenvalue weighted by Gasteiger charge is -2.12. The van der Waals surface area contributed by atoms with Crippen LogP contribution in [0.25, 0.3) is 5.78 Å². The summed E-state index contributed by atoms with van der Waals surface area (Å²) in [7, 11) is 0. The van der Waals surface area contributed by atoms with E-state index in [0.29, 0.717) is 16.7 Å². The van der Waals surface area contributed by atoms with E-state index in [9.17, 15) is 33.5 Å². The predicted molar refractivity (Wildman–Crippen MR) is 156 cm³/mol. The number of carbonyl (C=O) groups is 3. The van der Waals surface area contributed by atoms with Crippen molar-refractivity contribution in [3.05, 3.63) is 113 Å². The minimum atomic E-state index is -1.06. The molecule has 0 saturated carbocycles. The third kappa shape index (κ3) is 5.78. The van der Waals surface area contributed by atoms with Gasteiger partial charge < -0.3 is 31.3 Å². The number of nitrogens with zero attached hydrogens (tertiary/aromatic N) is 3. The van der Waals surface area contributed by atoms with Crippen LogP contribution >= 0.6 is 12.2 Å². The number of nitrogen functional groups attached to an aromatic ring is 1. The van der Waals surface area contributed by atoms with E-state index in [1.165, 1.54) is 30.3 Å². The summed E-state index contributed by atoms with van der Waals surface area (Å²) in [6.45, 7) is 1.50. The highest BCUT2D eigenvalue weighted by Gasteiger charge is 2.21. The molecule has 5 aromatic rings. The van der Waals surface area contributed by atoms with Crippen LogP contribution in [-0.2, 0) is 19.6 Å². The van der Waals surface area contributed by atoms with E-state index < -0.39 is 34.5 Å². The third-order valence-corrected chi connectivity index (χ3v) is 6.99. The zero-order valence-electron chi connectivity index (χ0n) is 22.8. The first kappa shape index (κ1) is 29.7. The summed E-state index contributed by atoms with van der Waals surface area (Å²) in [5.74, 6) is -3.10. The second-order valence-electron chi connectivity index (χ2n) is 9.66. The number of aryl methyl sites for hydroxylation is 1. The number of nitrogens with two attached hydrogens (primary N) is 1. The average Bonchev–Trinajstić information content (AvgIpc) is 3.39. The third-order valence-electron chi connectivity index (χ3n) is 6.73. The van der Waals surface area contributed by atoms with E-state index in [4.69, 9.17) is 22.5 Å². The number of carbonyl (C=O) groups excluding carboxylic acids is 2. The van der Waals surface area contributed by atoms with E-state index in [1.807, 2.05) is 0 Å². The molecule has 3 aromatic carbocycles. The van der Waals surface area contributed by atoms with Crippen LogP contribution in [0.4, 0.5) is 15.8 Å². The zero-order chi connectivity index (χ0) is 31.7. The Kier molecular flexibility index (Phi) is 8.00. The number of fused-ring (bicyclic) bond motifs is 1. The molecule has 6 N–H and O–H groups in total. The van der Waals surface area contributed by atoms with Crippen LogP contribution in [0.1, 0.15) is 53.6 Å².